The third kappa shape index (κ3) is 54.8. The minimum Gasteiger partial charge on any atom is -0.477 e. The largest absolute Gasteiger partial charge is 0.477 e. The van der Waals surface area contributed by atoms with E-state index in [1.54, 1.807) is 0 Å². The van der Waals surface area contributed by atoms with Crippen LogP contribution in [0, 0.1) is 0 Å². The minimum absolute atomic E-state index is 0.178. The number of unbranched alkanes of at least 4 members (excludes halogenated alkanes) is 30. The molecule has 0 bridgehead atoms. The summed E-state index contributed by atoms with van der Waals surface area (Å²) in [6, 6.07) is 0. The second-order valence-electron chi connectivity index (χ2n) is 21.3. The van der Waals surface area contributed by atoms with E-state index in [1.807, 2.05) is 21.1 Å². The molecule has 9 nitrogen and oxygen atoms in total. The van der Waals surface area contributed by atoms with Gasteiger partial charge in [0.1, 0.15) is 13.2 Å². The van der Waals surface area contributed by atoms with Crippen LogP contribution in [0.4, 0.5) is 0 Å². The number of allylic oxidation sites excluding steroid dienone is 10. The Bertz CT molecular complexity index is 1360. The first kappa shape index (κ1) is 69.0. The van der Waals surface area contributed by atoms with E-state index in [9.17, 15) is 19.5 Å². The van der Waals surface area contributed by atoms with Crippen molar-refractivity contribution >= 4 is 17.9 Å². The SMILES string of the molecule is CC/C=C\C/C=C\C/C=C\C/C=C\C/C=C\CCCCCCCCCCCCCCCCCCCC(=O)OC(COC(=O)CCCCCCCCCCCCCCCC)COC(OCC[N+](C)(C)C)C(=O)O. The number of hydrogen-bond acceptors (Lipinski definition) is 7. The number of carbonyl (C=O) groups excluding carboxylic acids is 2. The van der Waals surface area contributed by atoms with Crippen molar-refractivity contribution in [1.82, 2.24) is 0 Å². The number of carboxylic acid groups (broad SMARTS) is 1. The Labute approximate surface area is 444 Å². The number of hydrogen-bond donors (Lipinski definition) is 1. The molecule has 0 aliphatic heterocycles. The zero-order valence-electron chi connectivity index (χ0n) is 47.6. The van der Waals surface area contributed by atoms with Crippen molar-refractivity contribution in [3.05, 3.63) is 60.8 Å². The Morgan fingerprint density at radius 3 is 1.18 bits per heavy atom. The van der Waals surface area contributed by atoms with Gasteiger partial charge in [-0.25, -0.2) is 4.79 Å². The molecule has 418 valence electrons. The number of nitrogens with zero attached hydrogens (tertiary/aromatic N) is 1. The van der Waals surface area contributed by atoms with Gasteiger partial charge in [-0.1, -0.05) is 254 Å². The molecule has 0 aromatic carbocycles. The standard InChI is InChI=1S/C63H113NO8/c1-6-8-10-12-14-16-18-20-22-23-24-25-26-27-28-29-30-31-32-33-34-35-36-37-38-39-40-42-44-46-48-50-52-54-61(66)72-59(58-71-63(62(67)68)69-56-55-64(3,4)5)57-70-60(65)53-51-49-47-45-43-41-21-19-17-15-13-11-9-7-2/h8,10,14,16,20,22,24-25,27-28,59,63H,6-7,9,11-13,15,17-19,21,23,26,29-58H2,1-5H3/p+1/b10-8-,16-14-,22-20-,25-24-,28-27-. The number of carbonyl (C=O) groups is 3. The third-order valence-electron chi connectivity index (χ3n) is 13.0. The molecular weight excluding hydrogens is 899 g/mol. The van der Waals surface area contributed by atoms with Crippen molar-refractivity contribution in [1.29, 1.82) is 0 Å². The molecule has 0 aliphatic rings. The highest BCUT2D eigenvalue weighted by Crippen LogP contribution is 2.17. The number of esters is 2. The van der Waals surface area contributed by atoms with Gasteiger partial charge in [-0.05, 0) is 57.8 Å². The lowest BCUT2D eigenvalue weighted by molar-refractivity contribution is -0.870. The Morgan fingerprint density at radius 2 is 0.792 bits per heavy atom. The summed E-state index contributed by atoms with van der Waals surface area (Å²) in [5.74, 6) is -1.99. The fraction of sp³-hybridized carbons (Fsp3) is 0.794. The van der Waals surface area contributed by atoms with Gasteiger partial charge in [-0.2, -0.15) is 0 Å². The first-order valence-electron chi connectivity index (χ1n) is 30.0. The summed E-state index contributed by atoms with van der Waals surface area (Å²) in [6.45, 7) is 4.79. The van der Waals surface area contributed by atoms with E-state index in [2.05, 4.69) is 74.6 Å². The van der Waals surface area contributed by atoms with Crippen molar-refractivity contribution in [2.75, 3.05) is 47.5 Å². The molecule has 2 atom stereocenters. The highest BCUT2D eigenvalue weighted by molar-refractivity contribution is 5.71. The molecule has 0 amide bonds. The molecule has 0 heterocycles. The second kappa shape index (κ2) is 54.3. The van der Waals surface area contributed by atoms with Crippen LogP contribution in [0.1, 0.15) is 264 Å². The zero-order valence-corrected chi connectivity index (χ0v) is 47.6. The van der Waals surface area contributed by atoms with Gasteiger partial charge in [0.15, 0.2) is 6.10 Å². The van der Waals surface area contributed by atoms with Crippen molar-refractivity contribution in [3.8, 4) is 0 Å². The normalized spacial score (nSPS) is 13.2. The van der Waals surface area contributed by atoms with E-state index < -0.39 is 24.3 Å². The van der Waals surface area contributed by atoms with Crippen LogP contribution in [0.15, 0.2) is 60.8 Å². The summed E-state index contributed by atoms with van der Waals surface area (Å²) in [7, 11) is 5.97. The molecule has 0 saturated heterocycles. The van der Waals surface area contributed by atoms with Crippen molar-refractivity contribution in [2.45, 2.75) is 277 Å². The van der Waals surface area contributed by atoms with E-state index in [0.29, 0.717) is 17.4 Å². The Balaban J connectivity index is 4.09. The van der Waals surface area contributed by atoms with Gasteiger partial charge in [-0.3, -0.25) is 9.59 Å². The molecule has 0 aromatic rings. The monoisotopic (exact) mass is 1010 g/mol. The van der Waals surface area contributed by atoms with E-state index >= 15 is 0 Å². The van der Waals surface area contributed by atoms with Crippen LogP contribution < -0.4 is 0 Å². The van der Waals surface area contributed by atoms with Crippen LogP contribution in [0.3, 0.4) is 0 Å². The summed E-state index contributed by atoms with van der Waals surface area (Å²) in [6.07, 6.45) is 65.9. The summed E-state index contributed by atoms with van der Waals surface area (Å²) in [4.78, 5) is 37.4. The highest BCUT2D eigenvalue weighted by Gasteiger charge is 2.25. The number of ether oxygens (including phenoxy) is 4. The van der Waals surface area contributed by atoms with Gasteiger partial charge in [0.25, 0.3) is 6.29 Å². The Kier molecular flexibility index (Phi) is 52.0. The lowest BCUT2D eigenvalue weighted by Gasteiger charge is -2.25. The number of rotatable bonds is 55. The fourth-order valence-corrected chi connectivity index (χ4v) is 8.45. The maximum Gasteiger partial charge on any atom is 0.361 e. The summed E-state index contributed by atoms with van der Waals surface area (Å²) in [5.41, 5.74) is 0. The first-order chi connectivity index (χ1) is 35.1. The van der Waals surface area contributed by atoms with Crippen molar-refractivity contribution < 1.29 is 42.9 Å². The van der Waals surface area contributed by atoms with E-state index in [-0.39, 0.29) is 32.2 Å². The smallest absolute Gasteiger partial charge is 0.361 e. The number of carboxylic acids is 1. The first-order valence-corrected chi connectivity index (χ1v) is 30.0. The van der Waals surface area contributed by atoms with Crippen LogP contribution in [-0.4, -0.2) is 87.4 Å². The van der Waals surface area contributed by atoms with Gasteiger partial charge < -0.3 is 28.5 Å². The average Bonchev–Trinajstić information content (AvgIpc) is 3.35. The molecule has 0 aliphatic carbocycles. The van der Waals surface area contributed by atoms with Crippen LogP contribution in [0.5, 0.6) is 0 Å². The van der Waals surface area contributed by atoms with Crippen LogP contribution in [-0.2, 0) is 33.3 Å². The molecule has 0 saturated carbocycles. The lowest BCUT2D eigenvalue weighted by Crippen LogP contribution is -2.40. The highest BCUT2D eigenvalue weighted by atomic mass is 16.7. The maximum absolute atomic E-state index is 12.9. The average molecular weight is 1010 g/mol. The molecule has 2 unspecified atom stereocenters. The lowest BCUT2D eigenvalue weighted by atomic mass is 10.0. The second-order valence-corrected chi connectivity index (χ2v) is 21.3. The Morgan fingerprint density at radius 1 is 0.431 bits per heavy atom. The van der Waals surface area contributed by atoms with Gasteiger partial charge in [0, 0.05) is 12.8 Å². The van der Waals surface area contributed by atoms with Crippen LogP contribution in [0.25, 0.3) is 0 Å². The number of likely N-dealkylation sites (N-methyl/N-ethyl adjacent to an activating group) is 1. The van der Waals surface area contributed by atoms with Crippen molar-refractivity contribution in [2.24, 2.45) is 0 Å². The van der Waals surface area contributed by atoms with Gasteiger partial charge >= 0.3 is 17.9 Å². The van der Waals surface area contributed by atoms with E-state index in [4.69, 9.17) is 18.9 Å². The van der Waals surface area contributed by atoms with Gasteiger partial charge in [0.2, 0.25) is 0 Å². The summed E-state index contributed by atoms with van der Waals surface area (Å²) >= 11 is 0. The van der Waals surface area contributed by atoms with E-state index in [0.717, 1.165) is 70.6 Å². The Hall–Kier alpha value is -3.01. The quantitative estimate of drug-likeness (QED) is 0.0211. The van der Waals surface area contributed by atoms with Gasteiger partial charge in [-0.15, -0.1) is 0 Å². The molecule has 9 heteroatoms. The number of quaternary nitrogens is 1. The van der Waals surface area contributed by atoms with Crippen LogP contribution in [0.2, 0.25) is 0 Å². The third-order valence-corrected chi connectivity index (χ3v) is 13.0. The molecule has 0 rings (SSSR count). The minimum atomic E-state index is -1.51. The molecule has 72 heavy (non-hydrogen) atoms. The summed E-state index contributed by atoms with van der Waals surface area (Å²) < 4.78 is 22.9. The molecular formula is C63H114NO8+. The summed E-state index contributed by atoms with van der Waals surface area (Å²) in [5, 5.41) is 9.69. The van der Waals surface area contributed by atoms with Gasteiger partial charge in [0.05, 0.1) is 34.4 Å². The van der Waals surface area contributed by atoms with Crippen LogP contribution >= 0.6 is 0 Å². The fourth-order valence-electron chi connectivity index (χ4n) is 8.45. The zero-order chi connectivity index (χ0) is 52.7. The maximum atomic E-state index is 12.9. The molecule has 1 N–H and O–H groups in total. The molecule has 0 radical (unpaired) electrons. The van der Waals surface area contributed by atoms with E-state index in [1.165, 1.54) is 167 Å². The number of aliphatic carboxylic acids is 1. The predicted octanol–water partition coefficient (Wildman–Crippen LogP) is 17.6. The molecule has 0 fully saturated rings. The van der Waals surface area contributed by atoms with Crippen molar-refractivity contribution in [3.63, 3.8) is 0 Å². The predicted molar refractivity (Wildman–Crippen MR) is 304 cm³/mol. The molecule has 0 spiro atoms. The topological polar surface area (TPSA) is 108 Å². The molecule has 0 aromatic heterocycles.